The number of aliphatic hydroxyl groups excluding tert-OH is 2. The molecule has 0 radical (unpaired) electrons. The number of carbonyl (C=O) groups excluding carboxylic acids is 3. The number of fused-ring (bicyclic) bond motifs is 3. The summed E-state index contributed by atoms with van der Waals surface area (Å²) in [6.45, 7) is 0. The van der Waals surface area contributed by atoms with Crippen molar-refractivity contribution in [1.82, 2.24) is 9.88 Å². The highest BCUT2D eigenvalue weighted by atomic mass is 16.3. The molecule has 0 spiro atoms. The minimum atomic E-state index is -2.67. The van der Waals surface area contributed by atoms with Gasteiger partial charge in [-0.15, -0.1) is 0 Å². The topological polar surface area (TPSA) is 174 Å². The van der Waals surface area contributed by atoms with Gasteiger partial charge in [-0.05, 0) is 62.7 Å². The summed E-state index contributed by atoms with van der Waals surface area (Å²) < 4.78 is 0. The normalized spacial score (nSPS) is 26.4. The highest BCUT2D eigenvalue weighted by Crippen LogP contribution is 2.52. The van der Waals surface area contributed by atoms with E-state index in [1.54, 1.807) is 44.7 Å². The predicted octanol–water partition coefficient (Wildman–Crippen LogP) is 0.759. The maximum Gasteiger partial charge on any atom is 0.255 e. The van der Waals surface area contributed by atoms with E-state index in [4.69, 9.17) is 5.73 Å². The van der Waals surface area contributed by atoms with E-state index in [1.807, 2.05) is 0 Å². The van der Waals surface area contributed by atoms with Crippen molar-refractivity contribution in [2.45, 2.75) is 24.5 Å². The third-order valence-electron chi connectivity index (χ3n) is 7.61. The van der Waals surface area contributed by atoms with E-state index in [9.17, 15) is 34.8 Å². The number of phenols is 1. The monoisotopic (exact) mass is 515 g/mol. The first-order valence-electron chi connectivity index (χ1n) is 11.9. The molecule has 0 aliphatic heterocycles. The number of hydrogen-bond acceptors (Lipinski definition) is 9. The number of aromatic hydroxyl groups is 1. The van der Waals surface area contributed by atoms with Crippen LogP contribution in [-0.2, 0) is 20.8 Å². The number of likely N-dealkylation sites (N-methyl/N-ethyl adjacent to an activating group) is 1. The van der Waals surface area contributed by atoms with Crippen LogP contribution in [0.3, 0.4) is 0 Å². The molecule has 1 fully saturated rings. The van der Waals surface area contributed by atoms with Crippen LogP contribution in [0.25, 0.3) is 5.76 Å². The maximum absolute atomic E-state index is 13.8. The Hall–Kier alpha value is -4.46. The minimum absolute atomic E-state index is 0.000670. The molecule has 10 nitrogen and oxygen atoms in total. The van der Waals surface area contributed by atoms with Crippen molar-refractivity contribution in [3.63, 3.8) is 0 Å². The number of benzene rings is 1. The van der Waals surface area contributed by atoms with Crippen molar-refractivity contribution in [3.8, 4) is 17.6 Å². The lowest BCUT2D eigenvalue weighted by Gasteiger charge is -2.50. The van der Waals surface area contributed by atoms with Gasteiger partial charge < -0.3 is 26.2 Å². The fourth-order valence-electron chi connectivity index (χ4n) is 5.94. The van der Waals surface area contributed by atoms with Crippen LogP contribution < -0.4 is 5.73 Å². The third kappa shape index (κ3) is 3.51. The van der Waals surface area contributed by atoms with E-state index in [1.165, 1.54) is 11.0 Å². The van der Waals surface area contributed by atoms with Gasteiger partial charge in [-0.1, -0.05) is 11.8 Å². The SMILES string of the molecule is CN(C)C1C(=O)C(C(N)=O)=C(O)C2(O)C(=O)C3=C(O)c4c(O)ccc(C#Cc5cccnc5)c4CC3CC12. The summed E-state index contributed by atoms with van der Waals surface area (Å²) in [4.78, 5) is 44.5. The molecule has 3 aliphatic rings. The molecule has 1 aromatic heterocycles. The summed E-state index contributed by atoms with van der Waals surface area (Å²) in [5, 5.41) is 44.4. The largest absolute Gasteiger partial charge is 0.508 e. The molecule has 194 valence electrons. The number of aliphatic hydroxyl groups is 3. The number of nitrogens with zero attached hydrogens (tertiary/aromatic N) is 2. The zero-order chi connectivity index (χ0) is 27.5. The molecule has 38 heavy (non-hydrogen) atoms. The molecular formula is C28H25N3O7. The van der Waals surface area contributed by atoms with Crippen LogP contribution in [-0.4, -0.2) is 73.5 Å². The molecule has 6 N–H and O–H groups in total. The summed E-state index contributed by atoms with van der Waals surface area (Å²) in [5.41, 5.74) is 3.30. The van der Waals surface area contributed by atoms with Gasteiger partial charge in [0.25, 0.3) is 5.91 Å². The zero-order valence-corrected chi connectivity index (χ0v) is 20.6. The molecule has 5 rings (SSSR count). The maximum atomic E-state index is 13.8. The third-order valence-corrected chi connectivity index (χ3v) is 7.61. The Morgan fingerprint density at radius 2 is 1.89 bits per heavy atom. The van der Waals surface area contributed by atoms with Gasteiger partial charge in [0, 0.05) is 35.0 Å². The van der Waals surface area contributed by atoms with Crippen molar-refractivity contribution in [2.24, 2.45) is 17.6 Å². The van der Waals surface area contributed by atoms with Gasteiger partial charge >= 0.3 is 0 Å². The zero-order valence-electron chi connectivity index (χ0n) is 20.6. The number of aromatic nitrogens is 1. The molecule has 3 aliphatic carbocycles. The van der Waals surface area contributed by atoms with E-state index < -0.39 is 58.0 Å². The highest BCUT2D eigenvalue weighted by Gasteiger charge is 2.64. The van der Waals surface area contributed by atoms with Crippen LogP contribution in [0.4, 0.5) is 0 Å². The molecule has 4 atom stereocenters. The molecule has 2 aromatic rings. The van der Waals surface area contributed by atoms with Crippen LogP contribution in [0.15, 0.2) is 53.6 Å². The van der Waals surface area contributed by atoms with Gasteiger partial charge in [0.1, 0.15) is 22.8 Å². The van der Waals surface area contributed by atoms with Gasteiger partial charge in [-0.25, -0.2) is 0 Å². The summed E-state index contributed by atoms with van der Waals surface area (Å²) >= 11 is 0. The Morgan fingerprint density at radius 3 is 2.53 bits per heavy atom. The van der Waals surface area contributed by atoms with Crippen LogP contribution in [0.2, 0.25) is 0 Å². The number of rotatable bonds is 2. The van der Waals surface area contributed by atoms with Gasteiger partial charge in [0.2, 0.25) is 5.78 Å². The lowest BCUT2D eigenvalue weighted by molar-refractivity contribution is -0.153. The molecule has 0 bridgehead atoms. The first kappa shape index (κ1) is 25.2. The number of Topliss-reactive ketones (excluding diaryl/α,β-unsaturated/α-hetero) is 2. The number of primary amides is 1. The number of nitrogens with two attached hydrogens (primary N) is 1. The lowest BCUT2D eigenvalue weighted by atomic mass is 9.57. The number of pyridine rings is 1. The van der Waals surface area contributed by atoms with Gasteiger partial charge in [0.15, 0.2) is 11.4 Å². The van der Waals surface area contributed by atoms with E-state index in [-0.39, 0.29) is 29.7 Å². The fraction of sp³-hybridized carbons (Fsp3) is 0.286. The molecule has 1 aromatic carbocycles. The van der Waals surface area contributed by atoms with Crippen molar-refractivity contribution < 1.29 is 34.8 Å². The smallest absolute Gasteiger partial charge is 0.255 e. The quantitative estimate of drug-likeness (QED) is 0.286. The van der Waals surface area contributed by atoms with Crippen LogP contribution in [0, 0.1) is 23.7 Å². The second-order valence-electron chi connectivity index (χ2n) is 9.94. The number of hydrogen-bond donors (Lipinski definition) is 5. The molecule has 1 amide bonds. The summed E-state index contributed by atoms with van der Waals surface area (Å²) in [7, 11) is 3.11. The Balaban J connectivity index is 1.69. The van der Waals surface area contributed by atoms with Crippen LogP contribution in [0.1, 0.15) is 28.7 Å². The molecular weight excluding hydrogens is 490 g/mol. The molecule has 1 saturated carbocycles. The Labute approximate surface area is 217 Å². The van der Waals surface area contributed by atoms with Crippen LogP contribution >= 0.6 is 0 Å². The number of amides is 1. The molecule has 10 heteroatoms. The Kier molecular flexibility index (Phi) is 5.86. The second-order valence-corrected chi connectivity index (χ2v) is 9.94. The average molecular weight is 516 g/mol. The average Bonchev–Trinajstić information content (AvgIpc) is 2.86. The molecule has 1 heterocycles. The van der Waals surface area contributed by atoms with Gasteiger partial charge in [-0.2, -0.15) is 0 Å². The van der Waals surface area contributed by atoms with Crippen LogP contribution in [0.5, 0.6) is 5.75 Å². The summed E-state index contributed by atoms with van der Waals surface area (Å²) in [5.74, 6) is -0.856. The summed E-state index contributed by atoms with van der Waals surface area (Å²) in [6.07, 6.45) is 3.39. The Morgan fingerprint density at radius 1 is 1.16 bits per heavy atom. The lowest BCUT2D eigenvalue weighted by Crippen LogP contribution is -2.65. The number of ketones is 2. The van der Waals surface area contributed by atoms with Crippen molar-refractivity contribution >= 4 is 23.2 Å². The van der Waals surface area contributed by atoms with E-state index in [0.29, 0.717) is 16.7 Å². The fourth-order valence-corrected chi connectivity index (χ4v) is 5.94. The second kappa shape index (κ2) is 8.83. The Bertz CT molecular complexity index is 1530. The van der Waals surface area contributed by atoms with Gasteiger partial charge in [0.05, 0.1) is 11.6 Å². The predicted molar refractivity (Wildman–Crippen MR) is 134 cm³/mol. The van der Waals surface area contributed by atoms with E-state index in [0.717, 1.165) is 0 Å². The standard InChI is InChI=1S/C28H25N3O7/c1-31(2)22-17-11-15-10-16-14(6-5-13-4-3-9-30-12-13)7-8-18(32)20(16)23(33)19(15)25(35)28(17,38)26(36)21(24(22)34)27(29)37/h3-4,7-9,12,15,17,22,32-33,36,38H,10-11H2,1-2H3,(H2,29,37). The van der Waals surface area contributed by atoms with E-state index in [2.05, 4.69) is 16.8 Å². The van der Waals surface area contributed by atoms with E-state index >= 15 is 0 Å². The van der Waals surface area contributed by atoms with Gasteiger partial charge in [-0.3, -0.25) is 24.3 Å². The summed E-state index contributed by atoms with van der Waals surface area (Å²) in [6, 6.07) is 5.34. The highest BCUT2D eigenvalue weighted by molar-refractivity contribution is 6.24. The molecule has 0 saturated heterocycles. The molecule has 4 unspecified atom stereocenters. The van der Waals surface area contributed by atoms with Crippen molar-refractivity contribution in [1.29, 1.82) is 0 Å². The minimum Gasteiger partial charge on any atom is -0.508 e. The van der Waals surface area contributed by atoms with Crippen molar-refractivity contribution in [3.05, 3.63) is 75.8 Å². The van der Waals surface area contributed by atoms with Crippen molar-refractivity contribution in [2.75, 3.05) is 14.1 Å². The number of phenolic OH excluding ortho intramolecular Hbond substituents is 1. The first-order chi connectivity index (χ1) is 18.0. The first-order valence-corrected chi connectivity index (χ1v) is 11.9. The number of carbonyl (C=O) groups is 3.